The SMILES string of the molecule is CC(NC(=O)c1csnn1)c1cn[nH]c1. The Labute approximate surface area is 89.9 Å². The van der Waals surface area contributed by atoms with Crippen LogP contribution in [-0.2, 0) is 0 Å². The van der Waals surface area contributed by atoms with E-state index in [2.05, 4.69) is 25.1 Å². The van der Waals surface area contributed by atoms with Crippen LogP contribution in [0.2, 0.25) is 0 Å². The lowest BCUT2D eigenvalue weighted by Gasteiger charge is -2.09. The molecule has 0 bridgehead atoms. The van der Waals surface area contributed by atoms with Gasteiger partial charge in [-0.05, 0) is 18.5 Å². The normalized spacial score (nSPS) is 12.3. The summed E-state index contributed by atoms with van der Waals surface area (Å²) >= 11 is 1.15. The first-order valence-electron chi connectivity index (χ1n) is 4.34. The second-order valence-corrected chi connectivity index (χ2v) is 3.63. The molecule has 0 aromatic carbocycles. The highest BCUT2D eigenvalue weighted by atomic mass is 32.1. The third-order valence-corrected chi connectivity index (χ3v) is 2.46. The summed E-state index contributed by atoms with van der Waals surface area (Å²) in [5, 5.41) is 14.6. The van der Waals surface area contributed by atoms with E-state index in [0.717, 1.165) is 17.1 Å². The number of aromatic amines is 1. The minimum Gasteiger partial charge on any atom is -0.344 e. The lowest BCUT2D eigenvalue weighted by atomic mass is 10.2. The maximum atomic E-state index is 11.6. The summed E-state index contributed by atoms with van der Waals surface area (Å²) in [6, 6.07) is -0.0991. The van der Waals surface area contributed by atoms with Gasteiger partial charge in [0.15, 0.2) is 5.69 Å². The van der Waals surface area contributed by atoms with Crippen LogP contribution in [0.1, 0.15) is 29.0 Å². The van der Waals surface area contributed by atoms with E-state index in [4.69, 9.17) is 0 Å². The first-order chi connectivity index (χ1) is 7.27. The van der Waals surface area contributed by atoms with E-state index in [0.29, 0.717) is 5.69 Å². The number of rotatable bonds is 3. The average Bonchev–Trinajstić information content (AvgIpc) is 2.91. The van der Waals surface area contributed by atoms with E-state index >= 15 is 0 Å². The fraction of sp³-hybridized carbons (Fsp3) is 0.250. The van der Waals surface area contributed by atoms with Gasteiger partial charge in [0, 0.05) is 17.1 Å². The van der Waals surface area contributed by atoms with Gasteiger partial charge in [0.05, 0.1) is 12.2 Å². The maximum Gasteiger partial charge on any atom is 0.273 e. The Morgan fingerprint density at radius 3 is 3.13 bits per heavy atom. The first kappa shape index (κ1) is 9.78. The Kier molecular flexibility index (Phi) is 2.72. The molecule has 78 valence electrons. The highest BCUT2D eigenvalue weighted by Gasteiger charge is 2.13. The van der Waals surface area contributed by atoms with E-state index in [-0.39, 0.29) is 11.9 Å². The molecule has 0 saturated carbocycles. The molecular weight excluding hydrogens is 214 g/mol. The van der Waals surface area contributed by atoms with Crippen molar-refractivity contribution in [3.63, 3.8) is 0 Å². The van der Waals surface area contributed by atoms with E-state index in [9.17, 15) is 4.79 Å². The Hall–Kier alpha value is -1.76. The molecule has 2 heterocycles. The summed E-state index contributed by atoms with van der Waals surface area (Å²) in [5.74, 6) is -0.225. The van der Waals surface area contributed by atoms with Crippen LogP contribution in [0.5, 0.6) is 0 Å². The van der Waals surface area contributed by atoms with Crippen LogP contribution in [0.3, 0.4) is 0 Å². The van der Waals surface area contributed by atoms with Crippen molar-refractivity contribution in [2.75, 3.05) is 0 Å². The second kappa shape index (κ2) is 4.18. The number of nitrogens with one attached hydrogen (secondary N) is 2. The van der Waals surface area contributed by atoms with Crippen LogP contribution in [-0.4, -0.2) is 25.7 Å². The molecule has 0 aliphatic rings. The average molecular weight is 223 g/mol. The maximum absolute atomic E-state index is 11.6. The third kappa shape index (κ3) is 2.18. The Morgan fingerprint density at radius 2 is 2.53 bits per heavy atom. The van der Waals surface area contributed by atoms with Crippen molar-refractivity contribution in [1.82, 2.24) is 25.1 Å². The predicted molar refractivity (Wildman–Crippen MR) is 54.4 cm³/mol. The molecule has 2 aromatic heterocycles. The standard InChI is InChI=1S/C8H9N5OS/c1-5(6-2-9-10-3-6)11-8(14)7-4-15-13-12-7/h2-5H,1H3,(H,9,10)(H,11,14). The highest BCUT2D eigenvalue weighted by Crippen LogP contribution is 2.10. The molecule has 0 radical (unpaired) electrons. The van der Waals surface area contributed by atoms with Crippen LogP contribution < -0.4 is 5.32 Å². The molecule has 0 saturated heterocycles. The van der Waals surface area contributed by atoms with Gasteiger partial charge in [-0.25, -0.2) is 0 Å². The number of amides is 1. The number of carbonyl (C=O) groups is 1. The summed E-state index contributed by atoms with van der Waals surface area (Å²) in [5.41, 5.74) is 1.27. The second-order valence-electron chi connectivity index (χ2n) is 3.02. The molecular formula is C8H9N5OS. The van der Waals surface area contributed by atoms with Gasteiger partial charge in [0.25, 0.3) is 5.91 Å². The van der Waals surface area contributed by atoms with Gasteiger partial charge in [0.2, 0.25) is 0 Å². The first-order valence-corrected chi connectivity index (χ1v) is 5.17. The van der Waals surface area contributed by atoms with Gasteiger partial charge >= 0.3 is 0 Å². The van der Waals surface area contributed by atoms with Crippen LogP contribution in [0.25, 0.3) is 0 Å². The van der Waals surface area contributed by atoms with E-state index < -0.39 is 0 Å². The fourth-order valence-electron chi connectivity index (χ4n) is 1.12. The summed E-state index contributed by atoms with van der Waals surface area (Å²) < 4.78 is 3.63. The molecule has 2 N–H and O–H groups in total. The molecule has 0 aliphatic heterocycles. The van der Waals surface area contributed by atoms with Gasteiger partial charge in [-0.1, -0.05) is 4.49 Å². The quantitative estimate of drug-likeness (QED) is 0.804. The molecule has 0 aliphatic carbocycles. The van der Waals surface area contributed by atoms with Crippen molar-refractivity contribution in [1.29, 1.82) is 0 Å². The topological polar surface area (TPSA) is 83.6 Å². The van der Waals surface area contributed by atoms with Crippen LogP contribution >= 0.6 is 11.5 Å². The number of carbonyl (C=O) groups excluding carboxylic acids is 1. The van der Waals surface area contributed by atoms with E-state index in [1.54, 1.807) is 17.8 Å². The number of hydrogen-bond donors (Lipinski definition) is 2. The molecule has 1 amide bonds. The van der Waals surface area contributed by atoms with E-state index in [1.165, 1.54) is 0 Å². The zero-order valence-corrected chi connectivity index (χ0v) is 8.78. The zero-order chi connectivity index (χ0) is 10.7. The monoisotopic (exact) mass is 223 g/mol. The number of nitrogens with zero attached hydrogens (tertiary/aromatic N) is 3. The molecule has 6 nitrogen and oxygen atoms in total. The lowest BCUT2D eigenvalue weighted by molar-refractivity contribution is 0.0935. The van der Waals surface area contributed by atoms with Crippen LogP contribution in [0, 0.1) is 0 Å². The molecule has 0 fully saturated rings. The Balaban J connectivity index is 2.01. The van der Waals surface area contributed by atoms with E-state index in [1.807, 2.05) is 6.92 Å². The summed E-state index contributed by atoms with van der Waals surface area (Å²) in [7, 11) is 0. The molecule has 1 unspecified atom stereocenters. The molecule has 2 rings (SSSR count). The molecule has 2 aromatic rings. The van der Waals surface area contributed by atoms with Gasteiger partial charge in [-0.3, -0.25) is 9.89 Å². The third-order valence-electron chi connectivity index (χ3n) is 1.96. The number of H-pyrrole nitrogens is 1. The minimum atomic E-state index is -0.225. The van der Waals surface area contributed by atoms with Crippen molar-refractivity contribution < 1.29 is 4.79 Å². The summed E-state index contributed by atoms with van der Waals surface area (Å²) in [6.45, 7) is 1.88. The number of hydrogen-bond acceptors (Lipinski definition) is 5. The van der Waals surface area contributed by atoms with Crippen molar-refractivity contribution in [3.05, 3.63) is 29.0 Å². The molecule has 1 atom stereocenters. The summed E-state index contributed by atoms with van der Waals surface area (Å²) in [4.78, 5) is 11.6. The molecule has 7 heteroatoms. The van der Waals surface area contributed by atoms with Gasteiger partial charge < -0.3 is 5.32 Å². The lowest BCUT2D eigenvalue weighted by Crippen LogP contribution is -2.26. The van der Waals surface area contributed by atoms with Gasteiger partial charge in [-0.2, -0.15) is 5.10 Å². The van der Waals surface area contributed by atoms with Crippen molar-refractivity contribution in [2.45, 2.75) is 13.0 Å². The van der Waals surface area contributed by atoms with Crippen molar-refractivity contribution in [3.8, 4) is 0 Å². The zero-order valence-electron chi connectivity index (χ0n) is 7.97. The van der Waals surface area contributed by atoms with Crippen LogP contribution in [0.15, 0.2) is 17.8 Å². The predicted octanol–water partition coefficient (Wildman–Crippen LogP) is 0.752. The smallest absolute Gasteiger partial charge is 0.273 e. The number of aromatic nitrogens is 4. The Bertz CT molecular complexity index is 424. The molecule has 15 heavy (non-hydrogen) atoms. The van der Waals surface area contributed by atoms with Crippen molar-refractivity contribution in [2.24, 2.45) is 0 Å². The van der Waals surface area contributed by atoms with Crippen LogP contribution in [0.4, 0.5) is 0 Å². The van der Waals surface area contributed by atoms with Crippen molar-refractivity contribution >= 4 is 17.4 Å². The summed E-state index contributed by atoms with van der Waals surface area (Å²) in [6.07, 6.45) is 3.41. The minimum absolute atomic E-state index is 0.0991. The largest absolute Gasteiger partial charge is 0.344 e. The van der Waals surface area contributed by atoms with Gasteiger partial charge in [0.1, 0.15) is 0 Å². The highest BCUT2D eigenvalue weighted by molar-refractivity contribution is 7.03. The Morgan fingerprint density at radius 1 is 1.67 bits per heavy atom. The van der Waals surface area contributed by atoms with Gasteiger partial charge in [-0.15, -0.1) is 5.10 Å². The molecule has 0 spiro atoms. The fourth-order valence-corrected chi connectivity index (χ4v) is 1.55.